The van der Waals surface area contributed by atoms with E-state index in [0.717, 1.165) is 15.6 Å². The lowest BCUT2D eigenvalue weighted by atomic mass is 10.1. The SMILES string of the molecule is C[C@H](NC(=O)CN(C)[C@H](C)c1ccc(S(C)(=O)=O)cc1)c1ccc(Br)cc1. The summed E-state index contributed by atoms with van der Waals surface area (Å²) in [6.07, 6.45) is 1.19. The Kier molecular flexibility index (Phi) is 7.19. The van der Waals surface area contributed by atoms with E-state index in [1.165, 1.54) is 6.26 Å². The van der Waals surface area contributed by atoms with E-state index in [1.807, 2.05) is 50.1 Å². The number of hydrogen-bond acceptors (Lipinski definition) is 4. The van der Waals surface area contributed by atoms with Crippen LogP contribution in [0.2, 0.25) is 0 Å². The van der Waals surface area contributed by atoms with Crippen molar-refractivity contribution in [3.05, 3.63) is 64.1 Å². The van der Waals surface area contributed by atoms with Crippen molar-refractivity contribution >= 4 is 31.7 Å². The summed E-state index contributed by atoms with van der Waals surface area (Å²) in [6, 6.07) is 14.5. The van der Waals surface area contributed by atoms with Gasteiger partial charge in [-0.2, -0.15) is 0 Å². The van der Waals surface area contributed by atoms with E-state index in [-0.39, 0.29) is 24.5 Å². The van der Waals surface area contributed by atoms with E-state index < -0.39 is 9.84 Å². The minimum absolute atomic E-state index is 0.0210. The van der Waals surface area contributed by atoms with Crippen LogP contribution in [-0.4, -0.2) is 39.1 Å². The molecule has 2 aromatic carbocycles. The first-order chi connectivity index (χ1) is 12.6. The molecule has 0 unspecified atom stereocenters. The van der Waals surface area contributed by atoms with Crippen molar-refractivity contribution < 1.29 is 13.2 Å². The number of amides is 1. The van der Waals surface area contributed by atoms with Gasteiger partial charge in [-0.15, -0.1) is 0 Å². The molecule has 0 aliphatic rings. The van der Waals surface area contributed by atoms with Crippen LogP contribution < -0.4 is 5.32 Å². The fourth-order valence-corrected chi connectivity index (χ4v) is 3.63. The number of halogens is 1. The second-order valence-corrected chi connectivity index (χ2v) is 9.70. The zero-order valence-electron chi connectivity index (χ0n) is 15.9. The van der Waals surface area contributed by atoms with E-state index in [1.54, 1.807) is 24.3 Å². The van der Waals surface area contributed by atoms with Gasteiger partial charge in [0.15, 0.2) is 9.84 Å². The average molecular weight is 453 g/mol. The van der Waals surface area contributed by atoms with Gasteiger partial charge in [0, 0.05) is 16.8 Å². The van der Waals surface area contributed by atoms with Crippen molar-refractivity contribution in [3.8, 4) is 0 Å². The molecule has 27 heavy (non-hydrogen) atoms. The molecule has 7 heteroatoms. The zero-order chi connectivity index (χ0) is 20.2. The fourth-order valence-electron chi connectivity index (χ4n) is 2.73. The van der Waals surface area contributed by atoms with Gasteiger partial charge in [-0.25, -0.2) is 8.42 Å². The topological polar surface area (TPSA) is 66.5 Å². The van der Waals surface area contributed by atoms with Crippen molar-refractivity contribution in [1.29, 1.82) is 0 Å². The molecule has 1 amide bonds. The summed E-state index contributed by atoms with van der Waals surface area (Å²) in [4.78, 5) is 14.6. The Morgan fingerprint density at radius 2 is 1.56 bits per heavy atom. The first-order valence-electron chi connectivity index (χ1n) is 8.63. The number of hydrogen-bond donors (Lipinski definition) is 1. The zero-order valence-corrected chi connectivity index (χ0v) is 18.3. The lowest BCUT2D eigenvalue weighted by molar-refractivity contribution is -0.123. The Hall–Kier alpha value is -1.70. The number of benzene rings is 2. The van der Waals surface area contributed by atoms with E-state index in [0.29, 0.717) is 4.90 Å². The second kappa shape index (κ2) is 8.99. The maximum atomic E-state index is 12.4. The van der Waals surface area contributed by atoms with Crippen LogP contribution in [0.15, 0.2) is 57.9 Å². The Morgan fingerprint density at radius 3 is 2.07 bits per heavy atom. The largest absolute Gasteiger partial charge is 0.348 e. The third-order valence-electron chi connectivity index (χ3n) is 4.59. The van der Waals surface area contributed by atoms with Crippen LogP contribution in [0.1, 0.15) is 37.1 Å². The van der Waals surface area contributed by atoms with Gasteiger partial charge >= 0.3 is 0 Å². The maximum Gasteiger partial charge on any atom is 0.234 e. The molecule has 5 nitrogen and oxygen atoms in total. The van der Waals surface area contributed by atoms with Crippen molar-refractivity contribution in [1.82, 2.24) is 10.2 Å². The molecule has 0 heterocycles. The average Bonchev–Trinajstić information content (AvgIpc) is 2.60. The molecule has 0 aliphatic heterocycles. The standard InChI is InChI=1S/C20H25BrN2O3S/c1-14(16-5-9-18(21)10-6-16)22-20(24)13-23(3)15(2)17-7-11-19(12-8-17)27(4,25)26/h5-12,14-15H,13H2,1-4H3,(H,22,24)/t14-,15+/m0/s1. The van der Waals surface area contributed by atoms with E-state index in [4.69, 9.17) is 0 Å². The van der Waals surface area contributed by atoms with Crippen LogP contribution in [0.4, 0.5) is 0 Å². The van der Waals surface area contributed by atoms with Crippen LogP contribution in [0.3, 0.4) is 0 Å². The van der Waals surface area contributed by atoms with Crippen molar-refractivity contribution in [2.75, 3.05) is 19.8 Å². The molecule has 2 rings (SSSR count). The summed E-state index contributed by atoms with van der Waals surface area (Å²) in [6.45, 7) is 4.19. The summed E-state index contributed by atoms with van der Waals surface area (Å²) >= 11 is 3.40. The highest BCUT2D eigenvalue weighted by atomic mass is 79.9. The van der Waals surface area contributed by atoms with Gasteiger partial charge in [0.2, 0.25) is 5.91 Å². The number of likely N-dealkylation sites (N-methyl/N-ethyl adjacent to an activating group) is 1. The van der Waals surface area contributed by atoms with Crippen molar-refractivity contribution in [3.63, 3.8) is 0 Å². The molecule has 2 aromatic rings. The summed E-state index contributed by atoms with van der Waals surface area (Å²) in [5.41, 5.74) is 2.00. The second-order valence-electron chi connectivity index (χ2n) is 6.77. The normalized spacial score (nSPS) is 14.0. The molecule has 0 bridgehead atoms. The first-order valence-corrected chi connectivity index (χ1v) is 11.3. The third kappa shape index (κ3) is 6.16. The molecule has 0 saturated carbocycles. The quantitative estimate of drug-likeness (QED) is 0.694. The number of sulfone groups is 1. The molecule has 146 valence electrons. The molecule has 1 N–H and O–H groups in total. The lowest BCUT2D eigenvalue weighted by Gasteiger charge is -2.25. The maximum absolute atomic E-state index is 12.4. The Bertz CT molecular complexity index is 880. The number of nitrogens with zero attached hydrogens (tertiary/aromatic N) is 1. The first kappa shape index (κ1) is 21.6. The van der Waals surface area contributed by atoms with Crippen molar-refractivity contribution in [2.45, 2.75) is 30.8 Å². The number of carbonyl (C=O) groups is 1. The van der Waals surface area contributed by atoms with Crippen LogP contribution in [0.5, 0.6) is 0 Å². The molecule has 0 aromatic heterocycles. The monoisotopic (exact) mass is 452 g/mol. The molecular formula is C20H25BrN2O3S. The summed E-state index contributed by atoms with van der Waals surface area (Å²) < 4.78 is 24.1. The number of nitrogens with one attached hydrogen (secondary N) is 1. The van der Waals surface area contributed by atoms with Gasteiger partial charge in [-0.1, -0.05) is 40.2 Å². The van der Waals surface area contributed by atoms with Crippen molar-refractivity contribution in [2.24, 2.45) is 0 Å². The fraction of sp³-hybridized carbons (Fsp3) is 0.350. The highest BCUT2D eigenvalue weighted by Crippen LogP contribution is 2.21. The summed E-state index contributed by atoms with van der Waals surface area (Å²) in [7, 11) is -1.33. The highest BCUT2D eigenvalue weighted by Gasteiger charge is 2.17. The van der Waals surface area contributed by atoms with E-state index in [2.05, 4.69) is 21.2 Å². The lowest BCUT2D eigenvalue weighted by Crippen LogP contribution is -2.37. The molecule has 0 aliphatic carbocycles. The smallest absolute Gasteiger partial charge is 0.234 e. The van der Waals surface area contributed by atoms with Gasteiger partial charge in [-0.3, -0.25) is 9.69 Å². The van der Waals surface area contributed by atoms with Crippen LogP contribution in [0.25, 0.3) is 0 Å². The molecule has 0 saturated heterocycles. The molecule has 0 radical (unpaired) electrons. The molecule has 0 spiro atoms. The van der Waals surface area contributed by atoms with Gasteiger partial charge < -0.3 is 5.32 Å². The summed E-state index contributed by atoms with van der Waals surface area (Å²) in [5.74, 6) is -0.0625. The number of rotatable bonds is 7. The third-order valence-corrected chi connectivity index (χ3v) is 6.25. The predicted octanol–water partition coefficient (Wildman–Crippen LogP) is 3.72. The Morgan fingerprint density at radius 1 is 1.04 bits per heavy atom. The van der Waals surface area contributed by atoms with Crippen LogP contribution in [-0.2, 0) is 14.6 Å². The van der Waals surface area contributed by atoms with Gasteiger partial charge in [0.05, 0.1) is 17.5 Å². The minimum atomic E-state index is -3.21. The Balaban J connectivity index is 1.95. The van der Waals surface area contributed by atoms with Gasteiger partial charge in [0.25, 0.3) is 0 Å². The number of carbonyl (C=O) groups excluding carboxylic acids is 1. The van der Waals surface area contributed by atoms with Crippen LogP contribution >= 0.6 is 15.9 Å². The van der Waals surface area contributed by atoms with E-state index in [9.17, 15) is 13.2 Å². The molecular weight excluding hydrogens is 428 g/mol. The predicted molar refractivity (Wildman–Crippen MR) is 111 cm³/mol. The summed E-state index contributed by atoms with van der Waals surface area (Å²) in [5, 5.41) is 3.01. The highest BCUT2D eigenvalue weighted by molar-refractivity contribution is 9.10. The Labute approximate surface area is 169 Å². The van der Waals surface area contributed by atoms with Gasteiger partial charge in [-0.05, 0) is 56.3 Å². The molecule has 2 atom stereocenters. The van der Waals surface area contributed by atoms with Crippen LogP contribution in [0, 0.1) is 0 Å². The van der Waals surface area contributed by atoms with Gasteiger partial charge in [0.1, 0.15) is 0 Å². The minimum Gasteiger partial charge on any atom is -0.348 e. The van der Waals surface area contributed by atoms with E-state index >= 15 is 0 Å². The molecule has 0 fully saturated rings.